The molecule has 0 bridgehead atoms. The molecule has 1 aliphatic rings. The Bertz CT molecular complexity index is 172. The lowest BCUT2D eigenvalue weighted by atomic mass is 10.0. The fraction of sp³-hybridized carbons (Fsp3) is 0.778. The summed E-state index contributed by atoms with van der Waals surface area (Å²) in [7, 11) is 0. The van der Waals surface area contributed by atoms with Crippen LogP contribution in [0.4, 0.5) is 4.39 Å². The maximum atomic E-state index is 13.2. The topological polar surface area (TPSA) is 26.0 Å². The van der Waals surface area contributed by atoms with Crippen molar-refractivity contribution >= 4 is 0 Å². The maximum Gasteiger partial charge on any atom is 0.116 e. The first kappa shape index (κ1) is 8.72. The van der Waals surface area contributed by atoms with Crippen molar-refractivity contribution in [1.29, 1.82) is 0 Å². The van der Waals surface area contributed by atoms with Gasteiger partial charge in [0.15, 0.2) is 0 Å². The van der Waals surface area contributed by atoms with E-state index in [0.717, 1.165) is 24.8 Å². The Morgan fingerprint density at radius 3 is 2.73 bits per heavy atom. The summed E-state index contributed by atoms with van der Waals surface area (Å²) in [6.07, 6.45) is 3.15. The Labute approximate surface area is 67.5 Å². The highest BCUT2D eigenvalue weighted by molar-refractivity contribution is 5.17. The number of nitrogens with two attached hydrogens (primary N) is 1. The van der Waals surface area contributed by atoms with E-state index in [4.69, 9.17) is 5.73 Å². The molecule has 1 rings (SSSR count). The van der Waals surface area contributed by atoms with Gasteiger partial charge in [0.25, 0.3) is 0 Å². The van der Waals surface area contributed by atoms with E-state index in [9.17, 15) is 4.39 Å². The molecule has 0 unspecified atom stereocenters. The predicted molar refractivity (Wildman–Crippen MR) is 44.8 cm³/mol. The fourth-order valence-electron chi connectivity index (χ4n) is 1.67. The molecular weight excluding hydrogens is 141 g/mol. The first-order chi connectivity index (χ1) is 5.13. The van der Waals surface area contributed by atoms with Crippen LogP contribution in [0.1, 0.15) is 33.1 Å². The van der Waals surface area contributed by atoms with Gasteiger partial charge in [-0.05, 0) is 37.7 Å². The highest BCUT2D eigenvalue weighted by Gasteiger charge is 2.21. The van der Waals surface area contributed by atoms with E-state index in [-0.39, 0.29) is 5.83 Å². The van der Waals surface area contributed by atoms with Crippen LogP contribution in [0.25, 0.3) is 0 Å². The van der Waals surface area contributed by atoms with Crippen LogP contribution in [0.5, 0.6) is 0 Å². The van der Waals surface area contributed by atoms with Gasteiger partial charge in [-0.1, -0.05) is 6.92 Å². The van der Waals surface area contributed by atoms with Gasteiger partial charge in [0.1, 0.15) is 5.83 Å². The van der Waals surface area contributed by atoms with Gasteiger partial charge in [0.2, 0.25) is 0 Å². The lowest BCUT2D eigenvalue weighted by molar-refractivity contribution is 0.528. The van der Waals surface area contributed by atoms with Crippen LogP contribution in [0.2, 0.25) is 0 Å². The SMILES string of the molecule is C[C@H](N)/C(F)=C1\CCC[C@H]1C. The van der Waals surface area contributed by atoms with Crippen molar-refractivity contribution in [1.82, 2.24) is 0 Å². The first-order valence-corrected chi connectivity index (χ1v) is 4.27. The van der Waals surface area contributed by atoms with E-state index in [1.165, 1.54) is 0 Å². The van der Waals surface area contributed by atoms with Crippen LogP contribution in [-0.4, -0.2) is 6.04 Å². The smallest absolute Gasteiger partial charge is 0.116 e. The maximum absolute atomic E-state index is 13.2. The van der Waals surface area contributed by atoms with Gasteiger partial charge in [0, 0.05) is 0 Å². The molecule has 1 aliphatic carbocycles. The lowest BCUT2D eigenvalue weighted by Gasteiger charge is -2.09. The number of halogens is 1. The Kier molecular flexibility index (Phi) is 2.66. The molecule has 2 N–H and O–H groups in total. The molecule has 0 heterocycles. The van der Waals surface area contributed by atoms with Crippen molar-refractivity contribution in [3.63, 3.8) is 0 Å². The summed E-state index contributed by atoms with van der Waals surface area (Å²) in [4.78, 5) is 0. The minimum Gasteiger partial charge on any atom is -0.322 e. The van der Waals surface area contributed by atoms with Gasteiger partial charge in [0.05, 0.1) is 6.04 Å². The molecule has 64 valence electrons. The molecule has 1 fully saturated rings. The minimum absolute atomic E-state index is 0.0741. The average molecular weight is 157 g/mol. The minimum atomic E-state index is -0.412. The van der Waals surface area contributed by atoms with Gasteiger partial charge in [-0.15, -0.1) is 0 Å². The molecule has 0 radical (unpaired) electrons. The van der Waals surface area contributed by atoms with Crippen LogP contribution in [0, 0.1) is 5.92 Å². The van der Waals surface area contributed by atoms with E-state index >= 15 is 0 Å². The molecule has 0 spiro atoms. The van der Waals surface area contributed by atoms with E-state index < -0.39 is 6.04 Å². The van der Waals surface area contributed by atoms with Gasteiger partial charge in [-0.2, -0.15) is 0 Å². The Morgan fingerprint density at radius 2 is 2.36 bits per heavy atom. The normalized spacial score (nSPS) is 32.2. The summed E-state index contributed by atoms with van der Waals surface area (Å²) in [5.41, 5.74) is 6.40. The largest absolute Gasteiger partial charge is 0.322 e. The number of hydrogen-bond donors (Lipinski definition) is 1. The van der Waals surface area contributed by atoms with Gasteiger partial charge < -0.3 is 5.73 Å². The van der Waals surface area contributed by atoms with Crippen LogP contribution in [0.3, 0.4) is 0 Å². The molecule has 11 heavy (non-hydrogen) atoms. The number of allylic oxidation sites excluding steroid dienone is 1. The zero-order valence-corrected chi connectivity index (χ0v) is 7.23. The average Bonchev–Trinajstić information content (AvgIpc) is 2.33. The second kappa shape index (κ2) is 3.35. The Hall–Kier alpha value is -0.370. The fourth-order valence-corrected chi connectivity index (χ4v) is 1.67. The Balaban J connectivity index is 2.76. The third-order valence-corrected chi connectivity index (χ3v) is 2.38. The summed E-state index contributed by atoms with van der Waals surface area (Å²) in [5.74, 6) is 0.344. The number of hydrogen-bond acceptors (Lipinski definition) is 1. The van der Waals surface area contributed by atoms with E-state index in [1.807, 2.05) is 0 Å². The van der Waals surface area contributed by atoms with Crippen LogP contribution in [0.15, 0.2) is 11.4 Å². The summed E-state index contributed by atoms with van der Waals surface area (Å²) < 4.78 is 13.2. The number of rotatable bonds is 1. The predicted octanol–water partition coefficient (Wildman–Crippen LogP) is 2.38. The zero-order chi connectivity index (χ0) is 8.43. The highest BCUT2D eigenvalue weighted by atomic mass is 19.1. The zero-order valence-electron chi connectivity index (χ0n) is 7.23. The van der Waals surface area contributed by atoms with Crippen molar-refractivity contribution in [3.8, 4) is 0 Å². The molecular formula is C9H16FN. The van der Waals surface area contributed by atoms with Crippen molar-refractivity contribution in [2.24, 2.45) is 11.7 Å². The molecule has 0 aromatic rings. The Morgan fingerprint density at radius 1 is 1.73 bits per heavy atom. The molecule has 0 aliphatic heterocycles. The second-order valence-corrected chi connectivity index (χ2v) is 3.46. The highest BCUT2D eigenvalue weighted by Crippen LogP contribution is 2.33. The molecule has 0 saturated heterocycles. The third-order valence-electron chi connectivity index (χ3n) is 2.38. The van der Waals surface area contributed by atoms with E-state index in [2.05, 4.69) is 6.92 Å². The van der Waals surface area contributed by atoms with Crippen LogP contribution in [-0.2, 0) is 0 Å². The van der Waals surface area contributed by atoms with Gasteiger partial charge >= 0.3 is 0 Å². The summed E-state index contributed by atoms with van der Waals surface area (Å²) in [5, 5.41) is 0. The van der Waals surface area contributed by atoms with Crippen molar-refractivity contribution in [2.75, 3.05) is 0 Å². The summed E-state index contributed by atoms with van der Waals surface area (Å²) in [6.45, 7) is 3.78. The van der Waals surface area contributed by atoms with E-state index in [0.29, 0.717) is 5.92 Å². The van der Waals surface area contributed by atoms with Gasteiger partial charge in [-0.3, -0.25) is 0 Å². The van der Waals surface area contributed by atoms with Gasteiger partial charge in [-0.25, -0.2) is 4.39 Å². The molecule has 1 nitrogen and oxygen atoms in total. The molecule has 0 aromatic carbocycles. The first-order valence-electron chi connectivity index (χ1n) is 4.27. The molecule has 2 heteroatoms. The summed E-state index contributed by atoms with van der Waals surface area (Å²) >= 11 is 0. The van der Waals surface area contributed by atoms with Crippen LogP contribution < -0.4 is 5.73 Å². The quantitative estimate of drug-likeness (QED) is 0.621. The molecule has 0 amide bonds. The molecule has 1 saturated carbocycles. The van der Waals surface area contributed by atoms with Crippen LogP contribution >= 0.6 is 0 Å². The lowest BCUT2D eigenvalue weighted by Crippen LogP contribution is -2.17. The van der Waals surface area contributed by atoms with E-state index in [1.54, 1.807) is 6.92 Å². The monoisotopic (exact) mass is 157 g/mol. The third kappa shape index (κ3) is 1.80. The second-order valence-electron chi connectivity index (χ2n) is 3.46. The summed E-state index contributed by atoms with van der Waals surface area (Å²) in [6, 6.07) is -0.412. The van der Waals surface area contributed by atoms with Crippen molar-refractivity contribution < 1.29 is 4.39 Å². The molecule has 2 atom stereocenters. The van der Waals surface area contributed by atoms with Crippen molar-refractivity contribution in [2.45, 2.75) is 39.2 Å². The van der Waals surface area contributed by atoms with Crippen molar-refractivity contribution in [3.05, 3.63) is 11.4 Å². The standard InChI is InChI=1S/C9H16FN/c1-6-4-3-5-8(6)9(10)7(2)11/h6-7H,3-5,11H2,1-2H3/b9-8-/t6-,7+/m1/s1. The molecule has 0 aromatic heterocycles.